The fourth-order valence-electron chi connectivity index (χ4n) is 1.90. The Labute approximate surface area is 119 Å². The van der Waals surface area contributed by atoms with Gasteiger partial charge in [-0.3, -0.25) is 0 Å². The highest BCUT2D eigenvalue weighted by molar-refractivity contribution is 7.82. The molecule has 0 aliphatic carbocycles. The first kappa shape index (κ1) is 17.4. The average Bonchev–Trinajstić information content (AvgIpc) is 2.33. The first-order chi connectivity index (χ1) is 9.42. The van der Waals surface area contributed by atoms with Crippen LogP contribution in [0, 0.1) is 0 Å². The van der Waals surface area contributed by atoms with Crippen LogP contribution in [0.1, 0.15) is 58.3 Å². The number of carboxylic acids is 1. The summed E-state index contributed by atoms with van der Waals surface area (Å²) in [5, 5.41) is 8.80. The van der Waals surface area contributed by atoms with Crippen molar-refractivity contribution in [1.29, 1.82) is 0 Å². The SMILES string of the molecule is CCCCCCCCCCOC1(C(=O)O)OS(=O)(=O)O1. The van der Waals surface area contributed by atoms with Crippen molar-refractivity contribution in [2.45, 2.75) is 64.3 Å². The Hall–Kier alpha value is -0.700. The summed E-state index contributed by atoms with van der Waals surface area (Å²) in [6, 6.07) is 0. The van der Waals surface area contributed by atoms with E-state index in [4.69, 9.17) is 9.84 Å². The molecule has 1 saturated heterocycles. The third-order valence-electron chi connectivity index (χ3n) is 2.98. The van der Waals surface area contributed by atoms with Gasteiger partial charge in [-0.1, -0.05) is 51.9 Å². The molecule has 0 aromatic heterocycles. The summed E-state index contributed by atoms with van der Waals surface area (Å²) in [4.78, 5) is 10.8. The number of unbranched alkanes of at least 4 members (excludes halogenated alkanes) is 7. The number of rotatable bonds is 11. The fraction of sp³-hybridized carbons (Fsp3) is 0.917. The molecule has 118 valence electrons. The van der Waals surface area contributed by atoms with Crippen molar-refractivity contribution < 1.29 is 31.4 Å². The Bertz CT molecular complexity index is 392. The van der Waals surface area contributed by atoms with E-state index in [0.717, 1.165) is 19.3 Å². The van der Waals surface area contributed by atoms with Gasteiger partial charge in [0.1, 0.15) is 0 Å². The minimum absolute atomic E-state index is 0.0801. The molecule has 0 aromatic carbocycles. The van der Waals surface area contributed by atoms with E-state index in [1.807, 2.05) is 0 Å². The largest absolute Gasteiger partial charge is 0.475 e. The van der Waals surface area contributed by atoms with E-state index < -0.39 is 22.3 Å². The summed E-state index contributed by atoms with van der Waals surface area (Å²) < 4.78 is 34.6. The molecule has 1 fully saturated rings. The van der Waals surface area contributed by atoms with E-state index >= 15 is 0 Å². The highest BCUT2D eigenvalue weighted by Crippen LogP contribution is 2.32. The summed E-state index contributed by atoms with van der Waals surface area (Å²) in [6.07, 6.45) is 8.65. The van der Waals surface area contributed by atoms with E-state index in [1.165, 1.54) is 25.7 Å². The second-order valence-electron chi connectivity index (χ2n) is 4.76. The van der Waals surface area contributed by atoms with Gasteiger partial charge in [-0.25, -0.2) is 4.79 Å². The van der Waals surface area contributed by atoms with Crippen molar-refractivity contribution in [2.75, 3.05) is 6.61 Å². The lowest BCUT2D eigenvalue weighted by Gasteiger charge is -2.33. The van der Waals surface area contributed by atoms with Gasteiger partial charge in [-0.2, -0.15) is 16.8 Å². The normalized spacial score (nSPS) is 19.4. The highest BCUT2D eigenvalue weighted by Gasteiger charge is 2.61. The molecule has 0 bridgehead atoms. The molecule has 1 aliphatic heterocycles. The summed E-state index contributed by atoms with van der Waals surface area (Å²) in [5.74, 6) is -4.08. The maximum atomic E-state index is 10.8. The van der Waals surface area contributed by atoms with Gasteiger partial charge in [-0.15, -0.1) is 0 Å². The molecule has 0 aromatic rings. The van der Waals surface area contributed by atoms with Gasteiger partial charge in [0.15, 0.2) is 0 Å². The molecule has 0 atom stereocenters. The Morgan fingerprint density at radius 3 is 2.00 bits per heavy atom. The lowest BCUT2D eigenvalue weighted by atomic mass is 10.1. The summed E-state index contributed by atoms with van der Waals surface area (Å²) in [5.41, 5.74) is 0. The van der Waals surface area contributed by atoms with Crippen molar-refractivity contribution in [3.05, 3.63) is 0 Å². The molecule has 0 amide bonds. The van der Waals surface area contributed by atoms with Gasteiger partial charge in [0.2, 0.25) is 0 Å². The van der Waals surface area contributed by atoms with E-state index in [9.17, 15) is 13.2 Å². The molecular weight excluding hydrogens is 288 g/mol. The predicted molar refractivity (Wildman–Crippen MR) is 70.0 cm³/mol. The molecule has 1 aliphatic rings. The van der Waals surface area contributed by atoms with Crippen LogP contribution in [0.3, 0.4) is 0 Å². The number of hydrogen-bond donors (Lipinski definition) is 1. The zero-order valence-corrected chi connectivity index (χ0v) is 12.5. The Balaban J connectivity index is 2.07. The molecule has 0 saturated carbocycles. The first-order valence-electron chi connectivity index (χ1n) is 6.95. The topological polar surface area (TPSA) is 99.1 Å². The maximum absolute atomic E-state index is 10.8. The van der Waals surface area contributed by atoms with Crippen LogP contribution in [0.15, 0.2) is 0 Å². The smallest absolute Gasteiger partial charge is 0.419 e. The third kappa shape index (κ3) is 5.35. The molecule has 0 unspecified atom stereocenters. The van der Waals surface area contributed by atoms with Crippen LogP contribution < -0.4 is 0 Å². The standard InChI is InChI=1S/C12H22O7S/c1-2-3-4-5-6-7-8-9-10-17-12(11(13)14)18-20(15,16)19-12/h2-10H2,1H3,(H,13,14). The fourth-order valence-corrected chi connectivity index (χ4v) is 2.69. The van der Waals surface area contributed by atoms with E-state index in [0.29, 0.717) is 6.42 Å². The van der Waals surface area contributed by atoms with Gasteiger partial charge in [0.05, 0.1) is 6.61 Å². The van der Waals surface area contributed by atoms with Gasteiger partial charge >= 0.3 is 22.3 Å². The molecule has 1 heterocycles. The zero-order chi connectivity index (χ0) is 15.1. The Morgan fingerprint density at radius 1 is 1.05 bits per heavy atom. The summed E-state index contributed by atoms with van der Waals surface area (Å²) in [6.45, 7) is 2.25. The molecule has 1 N–H and O–H groups in total. The molecule has 0 radical (unpaired) electrons. The molecule has 7 nitrogen and oxygen atoms in total. The Kier molecular flexibility index (Phi) is 6.87. The van der Waals surface area contributed by atoms with Crippen LogP contribution in [0.4, 0.5) is 0 Å². The Morgan fingerprint density at radius 2 is 1.55 bits per heavy atom. The monoisotopic (exact) mass is 310 g/mol. The second kappa shape index (κ2) is 7.92. The third-order valence-corrected chi connectivity index (χ3v) is 3.82. The number of carbonyl (C=O) groups is 1. The van der Waals surface area contributed by atoms with Gasteiger partial charge in [0.25, 0.3) is 0 Å². The lowest BCUT2D eigenvalue weighted by Crippen LogP contribution is -2.58. The summed E-state index contributed by atoms with van der Waals surface area (Å²) >= 11 is 0. The van der Waals surface area contributed by atoms with Crippen LogP contribution in [0.2, 0.25) is 0 Å². The minimum atomic E-state index is -4.20. The van der Waals surface area contributed by atoms with Crippen molar-refractivity contribution in [3.8, 4) is 0 Å². The van der Waals surface area contributed by atoms with E-state index in [-0.39, 0.29) is 6.61 Å². The van der Waals surface area contributed by atoms with Crippen LogP contribution in [0.5, 0.6) is 0 Å². The maximum Gasteiger partial charge on any atom is 0.419 e. The number of aliphatic carboxylic acids is 1. The van der Waals surface area contributed by atoms with Gasteiger partial charge in [0, 0.05) is 0 Å². The van der Waals surface area contributed by atoms with Gasteiger partial charge in [-0.05, 0) is 6.42 Å². The van der Waals surface area contributed by atoms with Crippen LogP contribution in [-0.2, 0) is 28.3 Å². The quantitative estimate of drug-likeness (QED) is 0.584. The van der Waals surface area contributed by atoms with Crippen LogP contribution in [0.25, 0.3) is 0 Å². The average molecular weight is 310 g/mol. The molecule has 1 rings (SSSR count). The zero-order valence-electron chi connectivity index (χ0n) is 11.7. The van der Waals surface area contributed by atoms with Crippen molar-refractivity contribution >= 4 is 16.4 Å². The highest BCUT2D eigenvalue weighted by atomic mass is 32.3. The molecular formula is C12H22O7S. The summed E-state index contributed by atoms with van der Waals surface area (Å²) in [7, 11) is -4.20. The number of ether oxygens (including phenoxy) is 1. The van der Waals surface area contributed by atoms with Crippen molar-refractivity contribution in [3.63, 3.8) is 0 Å². The second-order valence-corrected chi connectivity index (χ2v) is 5.91. The molecule has 8 heteroatoms. The molecule has 0 spiro atoms. The van der Waals surface area contributed by atoms with Crippen molar-refractivity contribution in [2.24, 2.45) is 0 Å². The van der Waals surface area contributed by atoms with Crippen LogP contribution >= 0.6 is 0 Å². The van der Waals surface area contributed by atoms with E-state index in [2.05, 4.69) is 15.3 Å². The molecule has 20 heavy (non-hydrogen) atoms. The minimum Gasteiger partial charge on any atom is -0.475 e. The van der Waals surface area contributed by atoms with Crippen molar-refractivity contribution in [1.82, 2.24) is 0 Å². The number of hydrogen-bond acceptors (Lipinski definition) is 6. The first-order valence-corrected chi connectivity index (χ1v) is 8.29. The number of carboxylic acid groups (broad SMARTS) is 1. The van der Waals surface area contributed by atoms with Gasteiger partial charge < -0.3 is 9.84 Å². The van der Waals surface area contributed by atoms with E-state index in [1.54, 1.807) is 0 Å². The predicted octanol–water partition coefficient (Wildman–Crippen LogP) is 2.17. The van der Waals surface area contributed by atoms with Crippen LogP contribution in [-0.4, -0.2) is 32.1 Å². The lowest BCUT2D eigenvalue weighted by molar-refractivity contribution is -0.334.